The Kier molecular flexibility index (Phi) is 7.22. The van der Waals surface area contributed by atoms with E-state index in [0.717, 1.165) is 20.8 Å². The van der Waals surface area contributed by atoms with Crippen molar-refractivity contribution in [1.82, 2.24) is 10.3 Å². The van der Waals surface area contributed by atoms with Crippen LogP contribution in [0.2, 0.25) is 0 Å². The van der Waals surface area contributed by atoms with Gasteiger partial charge in [0.1, 0.15) is 12.4 Å². The molecule has 7 heteroatoms. The second-order valence-electron chi connectivity index (χ2n) is 6.03. The Morgan fingerprint density at radius 1 is 1.07 bits per heavy atom. The molecule has 0 saturated heterocycles. The Hall–Kier alpha value is -2.64. The second kappa shape index (κ2) is 10.1. The average Bonchev–Trinajstić information content (AvgIpc) is 2.71. The molecular formula is C21H21BrN2O4. The van der Waals surface area contributed by atoms with E-state index in [1.807, 2.05) is 42.5 Å². The molecule has 0 saturated carbocycles. The molecule has 28 heavy (non-hydrogen) atoms. The molecule has 6 nitrogen and oxygen atoms in total. The molecule has 0 aliphatic heterocycles. The molecule has 0 bridgehead atoms. The van der Waals surface area contributed by atoms with Gasteiger partial charge in [-0.05, 0) is 41.1 Å². The zero-order valence-corrected chi connectivity index (χ0v) is 17.1. The van der Waals surface area contributed by atoms with Crippen molar-refractivity contribution in [2.24, 2.45) is 0 Å². The topological polar surface area (TPSA) is 69.7 Å². The quantitative estimate of drug-likeness (QED) is 0.509. The molecule has 0 aliphatic carbocycles. The van der Waals surface area contributed by atoms with Crippen LogP contribution in [0.1, 0.15) is 5.56 Å². The van der Waals surface area contributed by atoms with Crippen LogP contribution < -0.4 is 14.8 Å². The standard InChI is InChI=1S/C21H21BrN2O4/c1-26-9-10-27-21-17(3-2-8-23-21)13-24-20(25)14-28-19-7-5-15-11-18(22)6-4-16(15)12-19/h2-8,11-12H,9-10,13-14H2,1H3,(H,24,25). The Balaban J connectivity index is 1.52. The number of halogens is 1. The zero-order valence-electron chi connectivity index (χ0n) is 15.5. The van der Waals surface area contributed by atoms with E-state index < -0.39 is 0 Å². The molecule has 1 N–H and O–H groups in total. The van der Waals surface area contributed by atoms with Crippen molar-refractivity contribution in [2.45, 2.75) is 6.54 Å². The summed E-state index contributed by atoms with van der Waals surface area (Å²) in [5.41, 5.74) is 0.795. The van der Waals surface area contributed by atoms with Crippen LogP contribution in [0, 0.1) is 0 Å². The van der Waals surface area contributed by atoms with Gasteiger partial charge in [-0.25, -0.2) is 4.98 Å². The second-order valence-corrected chi connectivity index (χ2v) is 6.94. The van der Waals surface area contributed by atoms with Gasteiger partial charge in [-0.15, -0.1) is 0 Å². The minimum absolute atomic E-state index is 0.0673. The molecule has 3 rings (SSSR count). The van der Waals surface area contributed by atoms with Gasteiger partial charge in [-0.3, -0.25) is 4.79 Å². The predicted octanol–water partition coefficient (Wildman–Crippen LogP) is 3.72. The molecule has 146 valence electrons. The Bertz CT molecular complexity index is 949. The first-order valence-electron chi connectivity index (χ1n) is 8.80. The van der Waals surface area contributed by atoms with Crippen molar-refractivity contribution in [1.29, 1.82) is 0 Å². The van der Waals surface area contributed by atoms with E-state index in [9.17, 15) is 4.79 Å². The van der Waals surface area contributed by atoms with Crippen LogP contribution in [-0.2, 0) is 16.1 Å². The predicted molar refractivity (Wildman–Crippen MR) is 111 cm³/mol. The number of nitrogens with zero attached hydrogens (tertiary/aromatic N) is 1. The average molecular weight is 445 g/mol. The number of amides is 1. The van der Waals surface area contributed by atoms with E-state index in [4.69, 9.17) is 14.2 Å². The van der Waals surface area contributed by atoms with Crippen molar-refractivity contribution in [3.8, 4) is 11.6 Å². The lowest BCUT2D eigenvalue weighted by atomic mass is 10.1. The summed E-state index contributed by atoms with van der Waals surface area (Å²) >= 11 is 3.46. The fourth-order valence-electron chi connectivity index (χ4n) is 2.59. The lowest BCUT2D eigenvalue weighted by Crippen LogP contribution is -2.28. The van der Waals surface area contributed by atoms with Crippen LogP contribution in [0.25, 0.3) is 10.8 Å². The molecule has 0 spiro atoms. The molecule has 2 aromatic carbocycles. The van der Waals surface area contributed by atoms with Gasteiger partial charge >= 0.3 is 0 Å². The molecule has 1 aromatic heterocycles. The van der Waals surface area contributed by atoms with E-state index in [2.05, 4.69) is 26.2 Å². The smallest absolute Gasteiger partial charge is 0.258 e. The third-order valence-corrected chi connectivity index (χ3v) is 4.49. The zero-order chi connectivity index (χ0) is 19.8. The van der Waals surface area contributed by atoms with Gasteiger partial charge in [0.2, 0.25) is 5.88 Å². The van der Waals surface area contributed by atoms with Crippen molar-refractivity contribution in [3.05, 3.63) is 64.8 Å². The number of carbonyl (C=O) groups excluding carboxylic acids is 1. The summed E-state index contributed by atoms with van der Waals surface area (Å²) in [6, 6.07) is 15.4. The van der Waals surface area contributed by atoms with Gasteiger partial charge in [-0.1, -0.05) is 34.1 Å². The van der Waals surface area contributed by atoms with Gasteiger partial charge < -0.3 is 19.5 Å². The van der Waals surface area contributed by atoms with Gasteiger partial charge in [0.15, 0.2) is 6.61 Å². The summed E-state index contributed by atoms with van der Waals surface area (Å²) in [7, 11) is 1.61. The molecule has 0 atom stereocenters. The lowest BCUT2D eigenvalue weighted by Gasteiger charge is -2.11. The number of fused-ring (bicyclic) bond motifs is 1. The molecule has 0 unspecified atom stereocenters. The molecule has 3 aromatic rings. The molecule has 0 radical (unpaired) electrons. The van der Waals surface area contributed by atoms with Crippen LogP contribution in [0.3, 0.4) is 0 Å². The highest BCUT2D eigenvalue weighted by Gasteiger charge is 2.08. The van der Waals surface area contributed by atoms with Gasteiger partial charge in [0.25, 0.3) is 5.91 Å². The number of rotatable bonds is 9. The van der Waals surface area contributed by atoms with E-state index in [-0.39, 0.29) is 12.5 Å². The normalized spacial score (nSPS) is 10.6. The minimum atomic E-state index is -0.220. The number of nitrogens with one attached hydrogen (secondary N) is 1. The van der Waals surface area contributed by atoms with E-state index in [1.165, 1.54) is 0 Å². The Labute approximate surface area is 171 Å². The monoisotopic (exact) mass is 444 g/mol. The largest absolute Gasteiger partial charge is 0.484 e. The molecule has 1 heterocycles. The maximum Gasteiger partial charge on any atom is 0.258 e. The Morgan fingerprint density at radius 3 is 2.75 bits per heavy atom. The third-order valence-electron chi connectivity index (χ3n) is 4.00. The fraction of sp³-hybridized carbons (Fsp3) is 0.238. The summed E-state index contributed by atoms with van der Waals surface area (Å²) in [4.78, 5) is 16.3. The first-order valence-corrected chi connectivity index (χ1v) is 9.59. The van der Waals surface area contributed by atoms with Crippen molar-refractivity contribution < 1.29 is 19.0 Å². The van der Waals surface area contributed by atoms with Gasteiger partial charge in [0, 0.05) is 29.9 Å². The highest BCUT2D eigenvalue weighted by atomic mass is 79.9. The van der Waals surface area contributed by atoms with Gasteiger partial charge in [0.05, 0.1) is 6.61 Å². The number of benzene rings is 2. The minimum Gasteiger partial charge on any atom is -0.484 e. The highest BCUT2D eigenvalue weighted by Crippen LogP contribution is 2.24. The number of hydrogen-bond donors (Lipinski definition) is 1. The van der Waals surface area contributed by atoms with E-state index in [0.29, 0.717) is 31.4 Å². The summed E-state index contributed by atoms with van der Waals surface area (Å²) in [6.07, 6.45) is 1.65. The van der Waals surface area contributed by atoms with E-state index in [1.54, 1.807) is 19.4 Å². The summed E-state index contributed by atoms with van der Waals surface area (Å²) in [6.45, 7) is 1.11. The number of pyridine rings is 1. The number of ether oxygens (including phenoxy) is 3. The first-order chi connectivity index (χ1) is 13.7. The number of methoxy groups -OCH3 is 1. The van der Waals surface area contributed by atoms with Crippen molar-refractivity contribution >= 4 is 32.6 Å². The van der Waals surface area contributed by atoms with Gasteiger partial charge in [-0.2, -0.15) is 0 Å². The molecular weight excluding hydrogens is 424 g/mol. The first kappa shape index (κ1) is 20.1. The summed E-state index contributed by atoms with van der Waals surface area (Å²) < 4.78 is 17.2. The summed E-state index contributed by atoms with van der Waals surface area (Å²) in [5, 5.41) is 4.97. The lowest BCUT2D eigenvalue weighted by molar-refractivity contribution is -0.123. The fourth-order valence-corrected chi connectivity index (χ4v) is 2.97. The van der Waals surface area contributed by atoms with Crippen molar-refractivity contribution in [3.63, 3.8) is 0 Å². The molecule has 1 amide bonds. The Morgan fingerprint density at radius 2 is 1.89 bits per heavy atom. The maximum atomic E-state index is 12.1. The number of carbonyl (C=O) groups is 1. The van der Waals surface area contributed by atoms with Crippen LogP contribution >= 0.6 is 15.9 Å². The van der Waals surface area contributed by atoms with E-state index >= 15 is 0 Å². The van der Waals surface area contributed by atoms with Crippen LogP contribution in [0.15, 0.2) is 59.2 Å². The highest BCUT2D eigenvalue weighted by molar-refractivity contribution is 9.10. The van der Waals surface area contributed by atoms with Crippen molar-refractivity contribution in [2.75, 3.05) is 26.9 Å². The maximum absolute atomic E-state index is 12.1. The third kappa shape index (κ3) is 5.68. The van der Waals surface area contributed by atoms with Crippen LogP contribution in [-0.4, -0.2) is 37.8 Å². The van der Waals surface area contributed by atoms with Crippen LogP contribution in [0.5, 0.6) is 11.6 Å². The van der Waals surface area contributed by atoms with Crippen LogP contribution in [0.4, 0.5) is 0 Å². The summed E-state index contributed by atoms with van der Waals surface area (Å²) in [5.74, 6) is 0.916. The molecule has 0 fully saturated rings. The molecule has 0 aliphatic rings. The number of hydrogen-bond acceptors (Lipinski definition) is 5. The number of aromatic nitrogens is 1. The SMILES string of the molecule is COCCOc1ncccc1CNC(=O)COc1ccc2cc(Br)ccc2c1.